The van der Waals surface area contributed by atoms with Crippen molar-refractivity contribution in [2.45, 2.75) is 39.0 Å². The summed E-state index contributed by atoms with van der Waals surface area (Å²) in [7, 11) is -1.42. The van der Waals surface area contributed by atoms with Gasteiger partial charge in [-0.2, -0.15) is 0 Å². The van der Waals surface area contributed by atoms with Crippen LogP contribution in [0.15, 0.2) is 30.3 Å². The Hall–Kier alpha value is -0.720. The second kappa shape index (κ2) is 9.32. The van der Waals surface area contributed by atoms with E-state index in [-0.39, 0.29) is 0 Å². The lowest BCUT2D eigenvalue weighted by Crippen LogP contribution is -1.90. The quantitative estimate of drug-likeness (QED) is 0.476. The molecule has 0 aromatic heterocycles. The van der Waals surface area contributed by atoms with Crippen LogP contribution in [0.2, 0.25) is 0 Å². The summed E-state index contributed by atoms with van der Waals surface area (Å²) in [5.41, 5.74) is 1.36. The van der Waals surface area contributed by atoms with Crippen molar-refractivity contribution in [3.63, 3.8) is 0 Å². The lowest BCUT2D eigenvalue weighted by atomic mass is 10.1. The van der Waals surface area contributed by atoms with E-state index in [2.05, 4.69) is 31.2 Å². The Morgan fingerprint density at radius 1 is 1.12 bits per heavy atom. The molecule has 1 rings (SSSR count). The number of hydrogen-bond donors (Lipinski definition) is 0. The molecule has 0 saturated heterocycles. The minimum Gasteiger partial charge on any atom is -0.146 e. The molecule has 17 heavy (non-hydrogen) atoms. The molecule has 0 aliphatic carbocycles. The first-order valence-corrected chi connectivity index (χ1v) is 7.80. The number of benzene rings is 1. The summed E-state index contributed by atoms with van der Waals surface area (Å²) < 4.78 is 16.7. The van der Waals surface area contributed by atoms with Gasteiger partial charge in [-0.05, 0) is 35.8 Å². The van der Waals surface area contributed by atoms with Crippen LogP contribution in [0.1, 0.15) is 38.2 Å². The van der Waals surface area contributed by atoms with Crippen molar-refractivity contribution in [2.75, 3.05) is 12.8 Å². The Labute approximate surface area is 105 Å². The molecule has 0 heterocycles. The van der Waals surface area contributed by atoms with Gasteiger partial charge in [-0.15, -0.1) is 4.52 Å². The van der Waals surface area contributed by atoms with Gasteiger partial charge in [0.25, 0.3) is 0 Å². The number of aryl methyl sites for hydroxylation is 1. The van der Waals surface area contributed by atoms with Gasteiger partial charge >= 0.3 is 8.03 Å². The van der Waals surface area contributed by atoms with E-state index in [9.17, 15) is 4.57 Å². The Balaban J connectivity index is 2.02. The zero-order chi connectivity index (χ0) is 12.3. The van der Waals surface area contributed by atoms with E-state index < -0.39 is 8.03 Å². The highest BCUT2D eigenvalue weighted by atomic mass is 31.1. The highest BCUT2D eigenvalue weighted by Crippen LogP contribution is 2.24. The molecule has 1 aromatic carbocycles. The van der Waals surface area contributed by atoms with E-state index >= 15 is 0 Å². The van der Waals surface area contributed by atoms with E-state index in [0.29, 0.717) is 12.8 Å². The van der Waals surface area contributed by atoms with Crippen LogP contribution >= 0.6 is 8.03 Å². The first-order valence-electron chi connectivity index (χ1n) is 6.44. The fraction of sp³-hybridized carbons (Fsp3) is 0.571. The molecular weight excluding hydrogens is 231 g/mol. The first-order chi connectivity index (χ1) is 8.33. The summed E-state index contributed by atoms with van der Waals surface area (Å²) in [6, 6.07) is 10.4. The monoisotopic (exact) mass is 253 g/mol. The third-order valence-electron chi connectivity index (χ3n) is 2.63. The minimum absolute atomic E-state index is 0.643. The lowest BCUT2D eigenvalue weighted by Gasteiger charge is -1.97. The third kappa shape index (κ3) is 7.25. The molecule has 1 unspecified atom stereocenters. The molecule has 0 radical (unpaired) electrons. The average Bonchev–Trinajstić information content (AvgIpc) is 2.36. The molecule has 1 atom stereocenters. The smallest absolute Gasteiger partial charge is 0.146 e. The Morgan fingerprint density at radius 2 is 1.88 bits per heavy atom. The summed E-state index contributed by atoms with van der Waals surface area (Å²) in [6.07, 6.45) is 5.94. The van der Waals surface area contributed by atoms with E-state index in [1.54, 1.807) is 0 Å². The van der Waals surface area contributed by atoms with Crippen molar-refractivity contribution in [3.8, 4) is 0 Å². The summed E-state index contributed by atoms with van der Waals surface area (Å²) in [4.78, 5) is 0. The van der Waals surface area contributed by atoms with Crippen LogP contribution in [0.3, 0.4) is 0 Å². The number of rotatable bonds is 9. The van der Waals surface area contributed by atoms with Crippen LogP contribution in [0.5, 0.6) is 0 Å². The number of hydrogen-bond acceptors (Lipinski definition) is 2. The normalized spacial score (nSPS) is 11.5. The summed E-state index contributed by atoms with van der Waals surface area (Å²) in [5.74, 6) is 0. The number of unbranched alkanes of at least 4 members (excludes halogenated alkanes) is 2. The molecule has 0 fully saturated rings. The van der Waals surface area contributed by atoms with E-state index in [1.807, 2.05) is 6.07 Å². The van der Waals surface area contributed by atoms with Gasteiger partial charge in [0.1, 0.15) is 6.61 Å². The van der Waals surface area contributed by atoms with Crippen molar-refractivity contribution in [3.05, 3.63) is 35.9 Å². The Morgan fingerprint density at radius 3 is 2.59 bits per heavy atom. The zero-order valence-electron chi connectivity index (χ0n) is 10.6. The molecule has 0 saturated carbocycles. The van der Waals surface area contributed by atoms with E-state index in [0.717, 1.165) is 32.1 Å². The minimum atomic E-state index is -1.42. The summed E-state index contributed by atoms with van der Waals surface area (Å²) in [6.45, 7) is 2.75. The second-order valence-electron chi connectivity index (χ2n) is 4.19. The van der Waals surface area contributed by atoms with Crippen LogP contribution in [0.25, 0.3) is 0 Å². The standard InChI is InChI=1S/C14H22O2P/c1-2-3-12-16-17(15)13-8-7-11-14-9-5-4-6-10-14/h4-6,9-10H,2-3,7-8,11-13H2,1H3/q+1. The van der Waals surface area contributed by atoms with Crippen LogP contribution in [0.4, 0.5) is 0 Å². The third-order valence-corrected chi connectivity index (χ3v) is 3.78. The molecule has 1 aromatic rings. The molecule has 0 spiro atoms. The Bertz CT molecular complexity index is 311. The maximum absolute atomic E-state index is 11.5. The molecule has 2 nitrogen and oxygen atoms in total. The summed E-state index contributed by atoms with van der Waals surface area (Å²) >= 11 is 0. The molecule has 0 aliphatic heterocycles. The fourth-order valence-corrected chi connectivity index (χ4v) is 2.53. The van der Waals surface area contributed by atoms with Gasteiger partial charge in [0.15, 0.2) is 6.16 Å². The SMILES string of the molecule is CCCCO[P+](=O)CCCCc1ccccc1. The predicted molar refractivity (Wildman–Crippen MR) is 72.7 cm³/mol. The van der Waals surface area contributed by atoms with Gasteiger partial charge in [0, 0.05) is 0 Å². The van der Waals surface area contributed by atoms with Gasteiger partial charge in [0.05, 0.1) is 0 Å². The van der Waals surface area contributed by atoms with Crippen molar-refractivity contribution in [1.29, 1.82) is 0 Å². The molecule has 0 bridgehead atoms. The predicted octanol–water partition coefficient (Wildman–Crippen LogP) is 4.57. The van der Waals surface area contributed by atoms with Gasteiger partial charge in [0.2, 0.25) is 0 Å². The maximum Gasteiger partial charge on any atom is 0.508 e. The highest BCUT2D eigenvalue weighted by Gasteiger charge is 2.15. The van der Waals surface area contributed by atoms with Crippen LogP contribution in [-0.4, -0.2) is 12.8 Å². The second-order valence-corrected chi connectivity index (χ2v) is 5.56. The van der Waals surface area contributed by atoms with Gasteiger partial charge in [-0.3, -0.25) is 0 Å². The van der Waals surface area contributed by atoms with Crippen molar-refractivity contribution < 1.29 is 9.09 Å². The lowest BCUT2D eigenvalue weighted by molar-refractivity contribution is 0.320. The molecule has 94 valence electrons. The van der Waals surface area contributed by atoms with Crippen molar-refractivity contribution in [2.24, 2.45) is 0 Å². The van der Waals surface area contributed by atoms with Gasteiger partial charge < -0.3 is 0 Å². The molecule has 0 aliphatic rings. The molecular formula is C14H22O2P+. The highest BCUT2D eigenvalue weighted by molar-refractivity contribution is 7.39. The first kappa shape index (κ1) is 14.3. The largest absolute Gasteiger partial charge is 0.508 e. The molecule has 0 N–H and O–H groups in total. The average molecular weight is 253 g/mol. The fourth-order valence-electron chi connectivity index (χ4n) is 1.59. The molecule has 0 amide bonds. The summed E-state index contributed by atoms with van der Waals surface area (Å²) in [5, 5.41) is 0. The van der Waals surface area contributed by atoms with Crippen molar-refractivity contribution in [1.82, 2.24) is 0 Å². The Kier molecular flexibility index (Phi) is 7.87. The van der Waals surface area contributed by atoms with Crippen LogP contribution < -0.4 is 0 Å². The van der Waals surface area contributed by atoms with Gasteiger partial charge in [-0.25, -0.2) is 0 Å². The van der Waals surface area contributed by atoms with Crippen LogP contribution in [0, 0.1) is 0 Å². The van der Waals surface area contributed by atoms with E-state index in [1.165, 1.54) is 5.56 Å². The molecule has 3 heteroatoms. The van der Waals surface area contributed by atoms with E-state index in [4.69, 9.17) is 4.52 Å². The van der Waals surface area contributed by atoms with Crippen molar-refractivity contribution >= 4 is 8.03 Å². The maximum atomic E-state index is 11.5. The van der Waals surface area contributed by atoms with Gasteiger partial charge in [-0.1, -0.05) is 43.7 Å². The zero-order valence-corrected chi connectivity index (χ0v) is 11.5. The van der Waals surface area contributed by atoms with Crippen LogP contribution in [-0.2, 0) is 15.5 Å². The topological polar surface area (TPSA) is 26.3 Å².